The lowest BCUT2D eigenvalue weighted by molar-refractivity contribution is -0.121. The van der Waals surface area contributed by atoms with Gasteiger partial charge in [0.15, 0.2) is 0 Å². The molecule has 0 atom stereocenters. The summed E-state index contributed by atoms with van der Waals surface area (Å²) in [6.45, 7) is 4.67. The van der Waals surface area contributed by atoms with E-state index >= 15 is 0 Å². The number of carbonyl (C=O) groups is 1. The highest BCUT2D eigenvalue weighted by Crippen LogP contribution is 2.35. The molecule has 1 aromatic carbocycles. The van der Waals surface area contributed by atoms with Crippen LogP contribution in [0.1, 0.15) is 24.6 Å². The van der Waals surface area contributed by atoms with E-state index < -0.39 is 0 Å². The number of hydrogen-bond donors (Lipinski definition) is 1. The number of aromatic nitrogens is 2. The monoisotopic (exact) mass is 433 g/mol. The molecule has 0 fully saturated rings. The summed E-state index contributed by atoms with van der Waals surface area (Å²) in [5.41, 5.74) is 1.69. The van der Waals surface area contributed by atoms with Crippen LogP contribution >= 0.6 is 27.3 Å². The third-order valence-electron chi connectivity index (χ3n) is 4.15. The normalized spacial score (nSPS) is 11.0. The highest BCUT2D eigenvalue weighted by Gasteiger charge is 2.17. The van der Waals surface area contributed by atoms with E-state index in [0.717, 1.165) is 33.3 Å². The maximum absolute atomic E-state index is 13.0. The predicted molar refractivity (Wildman–Crippen MR) is 110 cm³/mol. The maximum Gasteiger partial charge on any atom is 0.263 e. The summed E-state index contributed by atoms with van der Waals surface area (Å²) in [7, 11) is 0. The fraction of sp³-hybridized carbons (Fsp3) is 0.316. The SMILES string of the molecule is CCCCNC(=O)Cn1cnc2sc(C)c(-c3ccc(Br)cc3)c2c1=O. The number of benzene rings is 1. The van der Waals surface area contributed by atoms with Crippen LogP contribution < -0.4 is 10.9 Å². The number of unbranched alkanes of at least 4 members (excludes halogenated alkanes) is 1. The Morgan fingerprint density at radius 1 is 1.31 bits per heavy atom. The number of aryl methyl sites for hydroxylation is 1. The van der Waals surface area contributed by atoms with E-state index in [-0.39, 0.29) is 18.0 Å². The number of nitrogens with one attached hydrogen (secondary N) is 1. The first-order chi connectivity index (χ1) is 12.5. The second-order valence-electron chi connectivity index (χ2n) is 6.10. The second-order valence-corrected chi connectivity index (χ2v) is 8.22. The standard InChI is InChI=1S/C19H20BrN3O2S/c1-3-4-9-21-15(24)10-23-11-22-18-17(19(23)25)16(12(2)26-18)13-5-7-14(20)8-6-13/h5-8,11H,3-4,9-10H2,1-2H3,(H,21,24). The molecule has 7 heteroatoms. The molecule has 136 valence electrons. The molecule has 0 saturated carbocycles. The summed E-state index contributed by atoms with van der Waals surface area (Å²) < 4.78 is 2.37. The summed E-state index contributed by atoms with van der Waals surface area (Å²) >= 11 is 4.94. The molecule has 0 spiro atoms. The van der Waals surface area contributed by atoms with Gasteiger partial charge in [0.1, 0.15) is 11.4 Å². The van der Waals surface area contributed by atoms with E-state index in [1.54, 1.807) is 0 Å². The van der Waals surface area contributed by atoms with Crippen molar-refractivity contribution in [2.45, 2.75) is 33.2 Å². The van der Waals surface area contributed by atoms with Gasteiger partial charge in [0, 0.05) is 21.5 Å². The van der Waals surface area contributed by atoms with E-state index in [1.165, 1.54) is 22.2 Å². The summed E-state index contributed by atoms with van der Waals surface area (Å²) in [5.74, 6) is -0.168. The first-order valence-electron chi connectivity index (χ1n) is 8.52. The topological polar surface area (TPSA) is 64.0 Å². The molecular weight excluding hydrogens is 414 g/mol. The lowest BCUT2D eigenvalue weighted by Crippen LogP contribution is -2.32. The van der Waals surface area contributed by atoms with Crippen molar-refractivity contribution in [3.63, 3.8) is 0 Å². The van der Waals surface area contributed by atoms with Crippen molar-refractivity contribution in [3.05, 3.63) is 50.3 Å². The molecule has 2 aromatic heterocycles. The van der Waals surface area contributed by atoms with Gasteiger partial charge in [-0.05, 0) is 31.0 Å². The van der Waals surface area contributed by atoms with E-state index in [1.807, 2.05) is 31.2 Å². The van der Waals surface area contributed by atoms with Crippen molar-refractivity contribution in [3.8, 4) is 11.1 Å². The maximum atomic E-state index is 13.0. The van der Waals surface area contributed by atoms with Crippen molar-refractivity contribution in [1.29, 1.82) is 0 Å². The summed E-state index contributed by atoms with van der Waals surface area (Å²) in [4.78, 5) is 31.2. The third kappa shape index (κ3) is 3.88. The van der Waals surface area contributed by atoms with E-state index in [0.29, 0.717) is 16.8 Å². The van der Waals surface area contributed by atoms with Crippen LogP contribution in [0.3, 0.4) is 0 Å². The van der Waals surface area contributed by atoms with Gasteiger partial charge in [0.05, 0.1) is 11.7 Å². The van der Waals surface area contributed by atoms with Gasteiger partial charge < -0.3 is 5.32 Å². The molecule has 26 heavy (non-hydrogen) atoms. The largest absolute Gasteiger partial charge is 0.355 e. The average Bonchev–Trinajstić information content (AvgIpc) is 2.95. The minimum Gasteiger partial charge on any atom is -0.355 e. The lowest BCUT2D eigenvalue weighted by atomic mass is 10.0. The summed E-state index contributed by atoms with van der Waals surface area (Å²) in [6.07, 6.45) is 3.40. The molecule has 0 aliphatic heterocycles. The van der Waals surface area contributed by atoms with Crippen molar-refractivity contribution in [1.82, 2.24) is 14.9 Å². The lowest BCUT2D eigenvalue weighted by Gasteiger charge is -2.07. The molecule has 0 bridgehead atoms. The van der Waals surface area contributed by atoms with Gasteiger partial charge in [0.25, 0.3) is 5.56 Å². The van der Waals surface area contributed by atoms with E-state index in [2.05, 4.69) is 33.2 Å². The van der Waals surface area contributed by atoms with Crippen LogP contribution in [0, 0.1) is 6.92 Å². The van der Waals surface area contributed by atoms with Crippen LogP contribution in [0.5, 0.6) is 0 Å². The molecule has 3 rings (SSSR count). The molecule has 1 N–H and O–H groups in total. The number of rotatable bonds is 6. The van der Waals surface area contributed by atoms with Crippen LogP contribution in [-0.4, -0.2) is 22.0 Å². The highest BCUT2D eigenvalue weighted by molar-refractivity contribution is 9.10. The number of halogens is 1. The number of nitrogens with zero attached hydrogens (tertiary/aromatic N) is 2. The third-order valence-corrected chi connectivity index (χ3v) is 5.70. The Hall–Kier alpha value is -1.99. The number of thiophene rings is 1. The highest BCUT2D eigenvalue weighted by atomic mass is 79.9. The Kier molecular flexibility index (Phi) is 5.88. The predicted octanol–water partition coefficient (Wildman–Crippen LogP) is 4.11. The molecule has 0 aliphatic rings. The van der Waals surface area contributed by atoms with Crippen molar-refractivity contribution >= 4 is 43.4 Å². The van der Waals surface area contributed by atoms with Crippen LogP contribution in [0.4, 0.5) is 0 Å². The number of amides is 1. The minimum atomic E-state index is -0.178. The molecule has 0 saturated heterocycles. The van der Waals surface area contributed by atoms with Gasteiger partial charge >= 0.3 is 0 Å². The fourth-order valence-corrected chi connectivity index (χ4v) is 4.10. The van der Waals surface area contributed by atoms with Crippen LogP contribution in [0.2, 0.25) is 0 Å². The quantitative estimate of drug-likeness (QED) is 0.594. The zero-order valence-corrected chi connectivity index (χ0v) is 17.1. The van der Waals surface area contributed by atoms with Gasteiger partial charge in [-0.15, -0.1) is 11.3 Å². The first-order valence-corrected chi connectivity index (χ1v) is 10.1. The zero-order valence-electron chi connectivity index (χ0n) is 14.7. The Morgan fingerprint density at radius 3 is 2.73 bits per heavy atom. The molecule has 0 radical (unpaired) electrons. The molecule has 3 aromatic rings. The molecule has 0 aliphatic carbocycles. The molecule has 5 nitrogen and oxygen atoms in total. The summed E-state index contributed by atoms with van der Waals surface area (Å²) in [5, 5.41) is 3.42. The van der Waals surface area contributed by atoms with Crippen molar-refractivity contribution in [2.24, 2.45) is 0 Å². The second kappa shape index (κ2) is 8.14. The molecular formula is C19H20BrN3O2S. The first kappa shape index (κ1) is 18.8. The fourth-order valence-electron chi connectivity index (χ4n) is 2.83. The van der Waals surface area contributed by atoms with E-state index in [4.69, 9.17) is 0 Å². The number of carbonyl (C=O) groups excluding carboxylic acids is 1. The van der Waals surface area contributed by atoms with Gasteiger partial charge in [0.2, 0.25) is 5.91 Å². The van der Waals surface area contributed by atoms with Crippen LogP contribution in [0.15, 0.2) is 39.9 Å². The van der Waals surface area contributed by atoms with Crippen LogP contribution in [-0.2, 0) is 11.3 Å². The zero-order chi connectivity index (χ0) is 18.7. The minimum absolute atomic E-state index is 0.0137. The Balaban J connectivity index is 2.00. The van der Waals surface area contributed by atoms with E-state index in [9.17, 15) is 9.59 Å². The summed E-state index contributed by atoms with van der Waals surface area (Å²) in [6, 6.07) is 7.86. The van der Waals surface area contributed by atoms with Gasteiger partial charge in [-0.1, -0.05) is 41.4 Å². The average molecular weight is 434 g/mol. The number of hydrogen-bond acceptors (Lipinski definition) is 4. The van der Waals surface area contributed by atoms with Gasteiger partial charge in [-0.25, -0.2) is 4.98 Å². The van der Waals surface area contributed by atoms with Gasteiger partial charge in [-0.3, -0.25) is 14.2 Å². The molecule has 2 heterocycles. The van der Waals surface area contributed by atoms with Crippen LogP contribution in [0.25, 0.3) is 21.3 Å². The van der Waals surface area contributed by atoms with Crippen molar-refractivity contribution in [2.75, 3.05) is 6.54 Å². The number of fused-ring (bicyclic) bond motifs is 1. The smallest absolute Gasteiger partial charge is 0.263 e. The Labute approximate surface area is 164 Å². The Bertz CT molecular complexity index is 992. The van der Waals surface area contributed by atoms with Crippen molar-refractivity contribution < 1.29 is 4.79 Å². The Morgan fingerprint density at radius 2 is 2.04 bits per heavy atom. The molecule has 0 unspecified atom stereocenters. The molecule has 1 amide bonds. The van der Waals surface area contributed by atoms with Gasteiger partial charge in [-0.2, -0.15) is 0 Å².